The summed E-state index contributed by atoms with van der Waals surface area (Å²) in [7, 11) is 0. The van der Waals surface area contributed by atoms with Crippen LogP contribution < -0.4 is 0 Å². The Morgan fingerprint density at radius 1 is 1.54 bits per heavy atom. The molecule has 0 amide bonds. The van der Waals surface area contributed by atoms with E-state index in [1.807, 2.05) is 13.0 Å². The van der Waals surface area contributed by atoms with Gasteiger partial charge in [0.1, 0.15) is 5.82 Å². The summed E-state index contributed by atoms with van der Waals surface area (Å²) < 4.78 is 13.1. The Morgan fingerprint density at radius 2 is 2.31 bits per heavy atom. The minimum atomic E-state index is -0.277. The molecule has 0 bridgehead atoms. The molecule has 1 rings (SSSR count). The minimum Gasteiger partial charge on any atom is -0.251 e. The molecule has 1 nitrogen and oxygen atoms in total. The maximum Gasteiger partial charge on any atom is 0.148 e. The van der Waals surface area contributed by atoms with Crippen LogP contribution in [-0.4, -0.2) is 10.7 Å². The van der Waals surface area contributed by atoms with Crippen molar-refractivity contribution in [1.29, 1.82) is 0 Å². The highest BCUT2D eigenvalue weighted by Gasteiger charge is 1.98. The van der Waals surface area contributed by atoms with Gasteiger partial charge in [0.15, 0.2) is 0 Å². The van der Waals surface area contributed by atoms with E-state index in [0.29, 0.717) is 5.69 Å². The molecular weight excluding hydrogens is 185 g/mol. The van der Waals surface area contributed by atoms with Crippen molar-refractivity contribution >= 4 is 18.7 Å². The van der Waals surface area contributed by atoms with Crippen LogP contribution in [0.1, 0.15) is 17.8 Å². The third kappa shape index (κ3) is 3.19. The summed E-state index contributed by atoms with van der Waals surface area (Å²) >= 11 is 4.05. The first-order valence-electron chi connectivity index (χ1n) is 4.14. The van der Waals surface area contributed by atoms with Gasteiger partial charge in [0.25, 0.3) is 0 Å². The Morgan fingerprint density at radius 3 is 3.00 bits per heavy atom. The third-order valence-corrected chi connectivity index (χ3v) is 1.84. The topological polar surface area (TPSA) is 12.9 Å². The van der Waals surface area contributed by atoms with Crippen LogP contribution in [0.5, 0.6) is 0 Å². The van der Waals surface area contributed by atoms with Gasteiger partial charge in [-0.1, -0.05) is 6.08 Å². The smallest absolute Gasteiger partial charge is 0.148 e. The molecule has 0 fully saturated rings. The maximum absolute atomic E-state index is 13.1. The average molecular weight is 197 g/mol. The van der Waals surface area contributed by atoms with Gasteiger partial charge in [-0.15, -0.1) is 0 Å². The molecule has 1 aromatic heterocycles. The van der Waals surface area contributed by atoms with Gasteiger partial charge in [0.2, 0.25) is 0 Å². The van der Waals surface area contributed by atoms with E-state index < -0.39 is 0 Å². The van der Waals surface area contributed by atoms with Crippen LogP contribution in [0.3, 0.4) is 0 Å². The van der Waals surface area contributed by atoms with E-state index in [9.17, 15) is 4.39 Å². The number of rotatable bonds is 3. The van der Waals surface area contributed by atoms with E-state index in [4.69, 9.17) is 0 Å². The normalized spacial score (nSPS) is 11.0. The zero-order chi connectivity index (χ0) is 9.68. The fraction of sp³-hybridized carbons (Fsp3) is 0.300. The van der Waals surface area contributed by atoms with Crippen molar-refractivity contribution in [3.8, 4) is 0 Å². The molecule has 0 aliphatic rings. The van der Waals surface area contributed by atoms with Gasteiger partial charge in [0.05, 0.1) is 5.69 Å². The predicted octanol–water partition coefficient (Wildman–Crippen LogP) is 2.86. The fourth-order valence-electron chi connectivity index (χ4n) is 0.946. The standard InChI is InChI=1S/C10H12FNS/c1-8-5-6-9(11)10(12-8)4-2-3-7-13/h2,4-6,13H,3,7H2,1H3. The zero-order valence-corrected chi connectivity index (χ0v) is 8.39. The summed E-state index contributed by atoms with van der Waals surface area (Å²) in [4.78, 5) is 4.06. The molecular formula is C10H12FNS. The average Bonchev–Trinajstić information content (AvgIpc) is 2.11. The molecule has 0 aliphatic heterocycles. The maximum atomic E-state index is 13.1. The van der Waals surface area contributed by atoms with Crippen molar-refractivity contribution in [1.82, 2.24) is 4.98 Å². The summed E-state index contributed by atoms with van der Waals surface area (Å²) in [6.07, 6.45) is 4.40. The second-order valence-electron chi connectivity index (χ2n) is 2.73. The Hall–Kier alpha value is -0.830. The first kappa shape index (κ1) is 10.3. The molecule has 0 saturated carbocycles. The lowest BCUT2D eigenvalue weighted by molar-refractivity contribution is 0.616. The first-order valence-corrected chi connectivity index (χ1v) is 4.78. The number of hydrogen-bond acceptors (Lipinski definition) is 2. The van der Waals surface area contributed by atoms with Gasteiger partial charge in [0, 0.05) is 5.69 Å². The van der Waals surface area contributed by atoms with E-state index in [2.05, 4.69) is 17.6 Å². The van der Waals surface area contributed by atoms with Crippen LogP contribution in [0.4, 0.5) is 4.39 Å². The first-order chi connectivity index (χ1) is 6.24. The number of hydrogen-bond donors (Lipinski definition) is 1. The Kier molecular flexibility index (Phi) is 3.96. The monoisotopic (exact) mass is 197 g/mol. The van der Waals surface area contributed by atoms with Crippen LogP contribution in [-0.2, 0) is 0 Å². The van der Waals surface area contributed by atoms with Crippen molar-refractivity contribution in [2.45, 2.75) is 13.3 Å². The molecule has 0 aliphatic carbocycles. The lowest BCUT2D eigenvalue weighted by Gasteiger charge is -1.97. The lowest BCUT2D eigenvalue weighted by atomic mass is 10.2. The second kappa shape index (κ2) is 5.02. The number of pyridine rings is 1. The number of aryl methyl sites for hydroxylation is 1. The molecule has 70 valence electrons. The largest absolute Gasteiger partial charge is 0.251 e. The number of halogens is 1. The van der Waals surface area contributed by atoms with Crippen LogP contribution in [0.25, 0.3) is 6.08 Å². The van der Waals surface area contributed by atoms with E-state index >= 15 is 0 Å². The van der Waals surface area contributed by atoms with Gasteiger partial charge < -0.3 is 0 Å². The molecule has 0 radical (unpaired) electrons. The van der Waals surface area contributed by atoms with Crippen molar-refractivity contribution < 1.29 is 4.39 Å². The van der Waals surface area contributed by atoms with Gasteiger partial charge in [-0.25, -0.2) is 4.39 Å². The lowest BCUT2D eigenvalue weighted by Crippen LogP contribution is -1.89. The Labute approximate surface area is 83.1 Å². The summed E-state index contributed by atoms with van der Waals surface area (Å²) in [6.45, 7) is 1.84. The number of aromatic nitrogens is 1. The highest BCUT2D eigenvalue weighted by atomic mass is 32.1. The van der Waals surface area contributed by atoms with Gasteiger partial charge in [-0.2, -0.15) is 12.6 Å². The molecule has 13 heavy (non-hydrogen) atoms. The molecule has 0 saturated heterocycles. The van der Waals surface area contributed by atoms with Crippen LogP contribution in [0.2, 0.25) is 0 Å². The van der Waals surface area contributed by atoms with Gasteiger partial charge in [-0.3, -0.25) is 4.98 Å². The molecule has 0 atom stereocenters. The minimum absolute atomic E-state index is 0.277. The van der Waals surface area contributed by atoms with Crippen LogP contribution in [0, 0.1) is 12.7 Å². The zero-order valence-electron chi connectivity index (χ0n) is 7.50. The molecule has 1 heterocycles. The summed E-state index contributed by atoms with van der Waals surface area (Å²) in [5, 5.41) is 0. The second-order valence-corrected chi connectivity index (χ2v) is 3.18. The number of nitrogens with zero attached hydrogens (tertiary/aromatic N) is 1. The molecule has 0 spiro atoms. The molecule has 0 N–H and O–H groups in total. The molecule has 0 aromatic carbocycles. The molecule has 1 aromatic rings. The SMILES string of the molecule is Cc1ccc(F)c(C=CCCS)n1. The van der Waals surface area contributed by atoms with E-state index in [0.717, 1.165) is 17.9 Å². The molecule has 0 unspecified atom stereocenters. The van der Waals surface area contributed by atoms with Gasteiger partial charge >= 0.3 is 0 Å². The van der Waals surface area contributed by atoms with E-state index in [1.165, 1.54) is 6.07 Å². The summed E-state index contributed by atoms with van der Waals surface area (Å²) in [5.41, 5.74) is 1.23. The Bertz CT molecular complexity index is 310. The highest BCUT2D eigenvalue weighted by molar-refractivity contribution is 7.80. The van der Waals surface area contributed by atoms with Crippen molar-refractivity contribution in [3.05, 3.63) is 35.4 Å². The van der Waals surface area contributed by atoms with Crippen molar-refractivity contribution in [2.24, 2.45) is 0 Å². The van der Waals surface area contributed by atoms with Gasteiger partial charge in [-0.05, 0) is 37.3 Å². The van der Waals surface area contributed by atoms with E-state index in [1.54, 1.807) is 12.1 Å². The molecule has 3 heteroatoms. The predicted molar refractivity (Wildman–Crippen MR) is 56.4 cm³/mol. The van der Waals surface area contributed by atoms with Crippen LogP contribution >= 0.6 is 12.6 Å². The Balaban J connectivity index is 2.81. The van der Waals surface area contributed by atoms with Crippen molar-refractivity contribution in [2.75, 3.05) is 5.75 Å². The summed E-state index contributed by atoms with van der Waals surface area (Å²) in [6, 6.07) is 3.09. The van der Waals surface area contributed by atoms with Crippen molar-refractivity contribution in [3.63, 3.8) is 0 Å². The quantitative estimate of drug-likeness (QED) is 0.735. The van der Waals surface area contributed by atoms with E-state index in [-0.39, 0.29) is 5.82 Å². The van der Waals surface area contributed by atoms with Crippen LogP contribution in [0.15, 0.2) is 18.2 Å². The highest BCUT2D eigenvalue weighted by Crippen LogP contribution is 2.07. The number of allylic oxidation sites excluding steroid dienone is 1. The number of thiol groups is 1. The third-order valence-electron chi connectivity index (χ3n) is 1.58. The fourth-order valence-corrected chi connectivity index (χ4v) is 1.10. The summed E-state index contributed by atoms with van der Waals surface area (Å²) in [5.74, 6) is 0.491.